The summed E-state index contributed by atoms with van der Waals surface area (Å²) < 4.78 is 7.04. The van der Waals surface area contributed by atoms with Gasteiger partial charge in [-0.3, -0.25) is 9.59 Å². The summed E-state index contributed by atoms with van der Waals surface area (Å²) in [5.41, 5.74) is 0.349. The van der Waals surface area contributed by atoms with Crippen LogP contribution in [0.25, 0.3) is 0 Å². The number of carbonyl (C=O) groups is 2. The van der Waals surface area contributed by atoms with Gasteiger partial charge in [-0.25, -0.2) is 4.68 Å². The number of hydrogen-bond acceptors (Lipinski definition) is 6. The minimum atomic E-state index is -0.486. The highest BCUT2D eigenvalue weighted by Gasteiger charge is 2.30. The number of likely N-dealkylation sites (N-methyl/N-ethyl adjacent to an activating group) is 1. The fraction of sp³-hybridized carbons (Fsp3) is 0.733. The van der Waals surface area contributed by atoms with E-state index in [1.165, 1.54) is 4.90 Å². The molecule has 9 nitrogen and oxygen atoms in total. The lowest BCUT2D eigenvalue weighted by Gasteiger charge is -2.20. The molecule has 3 heterocycles. The summed E-state index contributed by atoms with van der Waals surface area (Å²) >= 11 is 0. The van der Waals surface area contributed by atoms with Crippen LogP contribution in [0.15, 0.2) is 6.20 Å². The Kier molecular flexibility index (Phi) is 5.10. The van der Waals surface area contributed by atoms with Crippen molar-refractivity contribution in [3.8, 4) is 0 Å². The van der Waals surface area contributed by atoms with E-state index < -0.39 is 6.61 Å². The predicted octanol–water partition coefficient (Wildman–Crippen LogP) is -0.848. The van der Waals surface area contributed by atoms with Crippen LogP contribution in [0.2, 0.25) is 0 Å². The molecule has 2 atom stereocenters. The Balaban J connectivity index is 1.55. The average molecular weight is 337 g/mol. The zero-order valence-electron chi connectivity index (χ0n) is 13.8. The normalized spacial score (nSPS) is 23.7. The van der Waals surface area contributed by atoms with Gasteiger partial charge in [0.25, 0.3) is 5.91 Å². The molecule has 24 heavy (non-hydrogen) atoms. The molecule has 2 unspecified atom stereocenters. The van der Waals surface area contributed by atoms with Crippen LogP contribution in [-0.2, 0) is 9.53 Å². The molecule has 0 bridgehead atoms. The average Bonchev–Trinajstić information content (AvgIpc) is 3.32. The van der Waals surface area contributed by atoms with Crippen LogP contribution in [0.1, 0.15) is 29.4 Å². The third kappa shape index (κ3) is 3.57. The summed E-state index contributed by atoms with van der Waals surface area (Å²) in [6.45, 7) is 2.59. The number of aliphatic hydroxyl groups is 1. The van der Waals surface area contributed by atoms with Crippen molar-refractivity contribution < 1.29 is 19.4 Å². The van der Waals surface area contributed by atoms with Crippen molar-refractivity contribution in [1.82, 2.24) is 24.8 Å². The van der Waals surface area contributed by atoms with Crippen molar-refractivity contribution in [3.63, 3.8) is 0 Å². The zero-order valence-corrected chi connectivity index (χ0v) is 13.8. The maximum Gasteiger partial charge on any atom is 0.276 e. The van der Waals surface area contributed by atoms with Crippen LogP contribution in [0.3, 0.4) is 0 Å². The Morgan fingerprint density at radius 2 is 2.29 bits per heavy atom. The summed E-state index contributed by atoms with van der Waals surface area (Å²) in [6, 6.07) is 0.156. The molecule has 0 spiro atoms. The quantitative estimate of drug-likeness (QED) is 0.751. The van der Waals surface area contributed by atoms with Crippen LogP contribution in [-0.4, -0.2) is 88.2 Å². The highest BCUT2D eigenvalue weighted by molar-refractivity contribution is 5.92. The van der Waals surface area contributed by atoms with Crippen molar-refractivity contribution in [2.24, 2.45) is 5.92 Å². The minimum Gasteiger partial charge on any atom is -0.387 e. The molecule has 0 radical (unpaired) electrons. The van der Waals surface area contributed by atoms with Crippen molar-refractivity contribution in [2.45, 2.75) is 18.9 Å². The second-order valence-electron chi connectivity index (χ2n) is 6.44. The van der Waals surface area contributed by atoms with Gasteiger partial charge in [0.2, 0.25) is 5.91 Å². The monoisotopic (exact) mass is 337 g/mol. The molecule has 2 aliphatic heterocycles. The smallest absolute Gasteiger partial charge is 0.276 e. The highest BCUT2D eigenvalue weighted by atomic mass is 16.5. The van der Waals surface area contributed by atoms with Gasteiger partial charge in [-0.15, -0.1) is 5.10 Å². The van der Waals surface area contributed by atoms with E-state index in [1.807, 2.05) is 0 Å². The topological polar surface area (TPSA) is 101 Å². The molecule has 1 aromatic heterocycles. The Morgan fingerprint density at radius 1 is 1.46 bits per heavy atom. The number of ether oxygens (including phenoxy) is 1. The van der Waals surface area contributed by atoms with E-state index in [-0.39, 0.29) is 23.8 Å². The van der Waals surface area contributed by atoms with E-state index in [0.717, 1.165) is 12.8 Å². The van der Waals surface area contributed by atoms with E-state index in [0.29, 0.717) is 38.5 Å². The largest absolute Gasteiger partial charge is 0.387 e. The first kappa shape index (κ1) is 16.8. The SMILES string of the molecule is CN(CC1CCN(C(=O)c2cn(C3CCOC3)nn2)C1)C(=O)CO. The van der Waals surface area contributed by atoms with E-state index in [2.05, 4.69) is 10.3 Å². The third-order valence-electron chi connectivity index (χ3n) is 4.68. The van der Waals surface area contributed by atoms with Crippen molar-refractivity contribution in [1.29, 1.82) is 0 Å². The zero-order chi connectivity index (χ0) is 17.1. The first-order valence-corrected chi connectivity index (χ1v) is 8.22. The molecule has 1 aromatic rings. The van der Waals surface area contributed by atoms with Crippen molar-refractivity contribution in [2.75, 3.05) is 46.5 Å². The van der Waals surface area contributed by atoms with Crippen LogP contribution in [0.5, 0.6) is 0 Å². The lowest BCUT2D eigenvalue weighted by Crippen LogP contribution is -2.35. The molecule has 2 saturated heterocycles. The minimum absolute atomic E-state index is 0.126. The molecule has 0 aromatic carbocycles. The fourth-order valence-electron chi connectivity index (χ4n) is 3.22. The van der Waals surface area contributed by atoms with E-state index in [9.17, 15) is 9.59 Å². The van der Waals surface area contributed by atoms with Crippen LogP contribution < -0.4 is 0 Å². The molecule has 0 saturated carbocycles. The maximum absolute atomic E-state index is 12.6. The van der Waals surface area contributed by atoms with Gasteiger partial charge >= 0.3 is 0 Å². The third-order valence-corrected chi connectivity index (χ3v) is 4.68. The molecule has 132 valence electrons. The molecular formula is C15H23N5O4. The lowest BCUT2D eigenvalue weighted by atomic mass is 10.1. The van der Waals surface area contributed by atoms with Crippen LogP contribution in [0, 0.1) is 5.92 Å². The Bertz CT molecular complexity index is 598. The molecule has 2 aliphatic rings. The second-order valence-corrected chi connectivity index (χ2v) is 6.44. The molecule has 1 N–H and O–H groups in total. The van der Waals surface area contributed by atoms with Crippen molar-refractivity contribution >= 4 is 11.8 Å². The summed E-state index contributed by atoms with van der Waals surface area (Å²) in [7, 11) is 1.66. The van der Waals surface area contributed by atoms with E-state index >= 15 is 0 Å². The number of amides is 2. The number of hydrogen-bond donors (Lipinski definition) is 1. The lowest BCUT2D eigenvalue weighted by molar-refractivity contribution is -0.133. The summed E-state index contributed by atoms with van der Waals surface area (Å²) in [5, 5.41) is 16.9. The van der Waals surface area contributed by atoms with Gasteiger partial charge in [-0.2, -0.15) is 0 Å². The number of nitrogens with zero attached hydrogens (tertiary/aromatic N) is 5. The van der Waals surface area contributed by atoms with Crippen molar-refractivity contribution in [3.05, 3.63) is 11.9 Å². The standard InChI is InChI=1S/C15H23N5O4/c1-18(14(22)9-21)6-11-2-4-19(7-11)15(23)13-8-20(17-16-13)12-3-5-24-10-12/h8,11-12,21H,2-7,9-10H2,1H3. The Hall–Kier alpha value is -2.00. The molecule has 2 fully saturated rings. The van der Waals surface area contributed by atoms with Gasteiger partial charge in [0.05, 0.1) is 18.8 Å². The van der Waals surface area contributed by atoms with E-state index in [1.54, 1.807) is 22.8 Å². The van der Waals surface area contributed by atoms with E-state index in [4.69, 9.17) is 9.84 Å². The first-order valence-electron chi connectivity index (χ1n) is 8.22. The Morgan fingerprint density at radius 3 is 3.00 bits per heavy atom. The molecule has 9 heteroatoms. The van der Waals surface area contributed by atoms with Gasteiger partial charge < -0.3 is 19.6 Å². The summed E-state index contributed by atoms with van der Waals surface area (Å²) in [4.78, 5) is 27.2. The molecule has 3 rings (SSSR count). The predicted molar refractivity (Wildman–Crippen MR) is 83.2 cm³/mol. The molecule has 2 amide bonds. The maximum atomic E-state index is 12.6. The first-order chi connectivity index (χ1) is 11.6. The number of aromatic nitrogens is 3. The fourth-order valence-corrected chi connectivity index (χ4v) is 3.22. The summed E-state index contributed by atoms with van der Waals surface area (Å²) in [6.07, 6.45) is 3.41. The van der Waals surface area contributed by atoms with Gasteiger partial charge in [-0.1, -0.05) is 5.21 Å². The van der Waals surface area contributed by atoms with Gasteiger partial charge in [0, 0.05) is 33.3 Å². The number of aliphatic hydroxyl groups excluding tert-OH is 1. The molecule has 0 aliphatic carbocycles. The second kappa shape index (κ2) is 7.27. The van der Waals surface area contributed by atoms with Gasteiger partial charge in [0.1, 0.15) is 6.61 Å². The molecular weight excluding hydrogens is 314 g/mol. The van der Waals surface area contributed by atoms with Gasteiger partial charge in [-0.05, 0) is 18.8 Å². The van der Waals surface area contributed by atoms with Crippen LogP contribution >= 0.6 is 0 Å². The number of rotatable bonds is 5. The number of carbonyl (C=O) groups excluding carboxylic acids is 2. The van der Waals surface area contributed by atoms with Gasteiger partial charge in [0.15, 0.2) is 5.69 Å². The summed E-state index contributed by atoms with van der Waals surface area (Å²) in [5.74, 6) is -0.215. The number of likely N-dealkylation sites (tertiary alicyclic amines) is 1. The Labute approximate surface area is 140 Å². The highest BCUT2D eigenvalue weighted by Crippen LogP contribution is 2.21. The van der Waals surface area contributed by atoms with Crippen LogP contribution in [0.4, 0.5) is 0 Å².